The van der Waals surface area contributed by atoms with Crippen molar-refractivity contribution in [3.8, 4) is 0 Å². The molecule has 0 spiro atoms. The quantitative estimate of drug-likeness (QED) is 0.905. The van der Waals surface area contributed by atoms with Gasteiger partial charge in [0.25, 0.3) is 0 Å². The summed E-state index contributed by atoms with van der Waals surface area (Å²) in [5.74, 6) is -0.842. The molecular weight excluding hydrogens is 277 g/mol. The minimum absolute atomic E-state index is 0.179. The second-order valence-corrected chi connectivity index (χ2v) is 5.19. The number of aryl methyl sites for hydroxylation is 1. The van der Waals surface area contributed by atoms with Crippen LogP contribution in [0.3, 0.4) is 0 Å². The molecule has 2 unspecified atom stereocenters. The molecule has 0 bridgehead atoms. The molecule has 0 amide bonds. The monoisotopic (exact) mass is 293 g/mol. The second kappa shape index (κ2) is 6.35. The largest absolute Gasteiger partial charge is 0.388 e. The van der Waals surface area contributed by atoms with Gasteiger partial charge in [-0.05, 0) is 24.1 Å². The Labute approximate surface area is 123 Å². The van der Waals surface area contributed by atoms with Crippen LogP contribution in [-0.4, -0.2) is 11.7 Å². The Balaban J connectivity index is 2.42. The van der Waals surface area contributed by atoms with Gasteiger partial charge in [0.05, 0.1) is 6.10 Å². The minimum Gasteiger partial charge on any atom is -0.388 e. The lowest BCUT2D eigenvalue weighted by Gasteiger charge is -2.24. The predicted molar refractivity (Wildman–Crippen MR) is 79.3 cm³/mol. The summed E-state index contributed by atoms with van der Waals surface area (Å²) in [7, 11) is 0. The molecule has 106 valence electrons. The van der Waals surface area contributed by atoms with Gasteiger partial charge in [0.15, 0.2) is 0 Å². The van der Waals surface area contributed by atoms with E-state index in [1.54, 1.807) is 43.3 Å². The number of rotatable bonds is 4. The van der Waals surface area contributed by atoms with E-state index in [1.807, 2.05) is 6.07 Å². The zero-order chi connectivity index (χ0) is 14.7. The summed E-state index contributed by atoms with van der Waals surface area (Å²) in [4.78, 5) is 0. The third-order valence-corrected chi connectivity index (χ3v) is 3.82. The van der Waals surface area contributed by atoms with Crippen LogP contribution < -0.4 is 5.73 Å². The maximum absolute atomic E-state index is 14.1. The Morgan fingerprint density at radius 3 is 2.45 bits per heavy atom. The number of aliphatic hydroxyl groups is 1. The fraction of sp³-hybridized carbons (Fsp3) is 0.250. The van der Waals surface area contributed by atoms with Crippen LogP contribution in [-0.2, 0) is 0 Å². The summed E-state index contributed by atoms with van der Waals surface area (Å²) in [5, 5.41) is 11.0. The van der Waals surface area contributed by atoms with Crippen LogP contribution in [0.5, 0.6) is 0 Å². The van der Waals surface area contributed by atoms with Gasteiger partial charge in [-0.3, -0.25) is 0 Å². The standard InChI is InChI=1S/C16H17ClFNO/c1-10-5-4-7-12(15(10)18)16(20)13(9-19)11-6-2-3-8-14(11)17/h2-8,13,16,20H,9,19H2,1H3. The fourth-order valence-electron chi connectivity index (χ4n) is 2.32. The van der Waals surface area contributed by atoms with Gasteiger partial charge in [0, 0.05) is 23.0 Å². The van der Waals surface area contributed by atoms with E-state index < -0.39 is 17.8 Å². The topological polar surface area (TPSA) is 46.2 Å². The highest BCUT2D eigenvalue weighted by Crippen LogP contribution is 2.35. The maximum Gasteiger partial charge on any atom is 0.131 e. The molecule has 20 heavy (non-hydrogen) atoms. The third kappa shape index (κ3) is 2.85. The molecular formula is C16H17ClFNO. The van der Waals surface area contributed by atoms with Gasteiger partial charge >= 0.3 is 0 Å². The van der Waals surface area contributed by atoms with E-state index in [-0.39, 0.29) is 12.1 Å². The molecule has 0 radical (unpaired) electrons. The van der Waals surface area contributed by atoms with E-state index in [1.165, 1.54) is 0 Å². The first-order valence-electron chi connectivity index (χ1n) is 6.43. The average molecular weight is 294 g/mol. The number of hydrogen-bond acceptors (Lipinski definition) is 2. The number of aliphatic hydroxyl groups excluding tert-OH is 1. The Hall–Kier alpha value is -1.42. The van der Waals surface area contributed by atoms with Crippen molar-refractivity contribution in [3.63, 3.8) is 0 Å². The van der Waals surface area contributed by atoms with E-state index in [0.717, 1.165) is 5.56 Å². The van der Waals surface area contributed by atoms with Gasteiger partial charge in [-0.25, -0.2) is 4.39 Å². The van der Waals surface area contributed by atoms with E-state index in [0.29, 0.717) is 10.6 Å². The zero-order valence-corrected chi connectivity index (χ0v) is 11.9. The average Bonchev–Trinajstić information content (AvgIpc) is 2.44. The Morgan fingerprint density at radius 2 is 1.80 bits per heavy atom. The fourth-order valence-corrected chi connectivity index (χ4v) is 2.59. The van der Waals surface area contributed by atoms with E-state index in [9.17, 15) is 9.50 Å². The number of hydrogen-bond donors (Lipinski definition) is 2. The van der Waals surface area contributed by atoms with Crippen LogP contribution in [0.4, 0.5) is 4.39 Å². The summed E-state index contributed by atoms with van der Waals surface area (Å²) >= 11 is 6.14. The van der Waals surface area contributed by atoms with Crippen molar-refractivity contribution in [2.75, 3.05) is 6.54 Å². The zero-order valence-electron chi connectivity index (χ0n) is 11.2. The molecule has 0 aliphatic carbocycles. The first-order valence-corrected chi connectivity index (χ1v) is 6.81. The Kier molecular flexibility index (Phi) is 4.76. The van der Waals surface area contributed by atoms with Crippen molar-refractivity contribution in [2.45, 2.75) is 18.9 Å². The molecule has 2 aromatic carbocycles. The van der Waals surface area contributed by atoms with E-state index in [4.69, 9.17) is 17.3 Å². The summed E-state index contributed by atoms with van der Waals surface area (Å²) in [5.41, 5.74) is 7.23. The highest BCUT2D eigenvalue weighted by Gasteiger charge is 2.26. The maximum atomic E-state index is 14.1. The SMILES string of the molecule is Cc1cccc(C(O)C(CN)c2ccccc2Cl)c1F. The summed E-state index contributed by atoms with van der Waals surface area (Å²) in [6.45, 7) is 1.84. The van der Waals surface area contributed by atoms with Crippen LogP contribution in [0.15, 0.2) is 42.5 Å². The molecule has 0 heterocycles. The van der Waals surface area contributed by atoms with Crippen LogP contribution in [0.2, 0.25) is 5.02 Å². The lowest BCUT2D eigenvalue weighted by molar-refractivity contribution is 0.143. The molecule has 3 N–H and O–H groups in total. The third-order valence-electron chi connectivity index (χ3n) is 3.48. The molecule has 0 saturated heterocycles. The summed E-state index contributed by atoms with van der Waals surface area (Å²) < 4.78 is 14.1. The molecule has 0 aromatic heterocycles. The Bertz CT molecular complexity index is 603. The molecule has 0 fully saturated rings. The molecule has 4 heteroatoms. The molecule has 0 aliphatic heterocycles. The first kappa shape index (κ1) is 15.0. The van der Waals surface area contributed by atoms with Crippen LogP contribution >= 0.6 is 11.6 Å². The first-order chi connectivity index (χ1) is 9.56. The molecule has 2 nitrogen and oxygen atoms in total. The number of halogens is 2. The van der Waals surface area contributed by atoms with Crippen LogP contribution in [0, 0.1) is 12.7 Å². The predicted octanol–water partition coefficient (Wildman–Crippen LogP) is 3.56. The molecule has 2 atom stereocenters. The molecule has 0 saturated carbocycles. The van der Waals surface area contributed by atoms with E-state index in [2.05, 4.69) is 0 Å². The lowest BCUT2D eigenvalue weighted by Crippen LogP contribution is -2.21. The second-order valence-electron chi connectivity index (χ2n) is 4.79. The van der Waals surface area contributed by atoms with Gasteiger partial charge < -0.3 is 10.8 Å². The molecule has 2 aromatic rings. The normalized spacial score (nSPS) is 14.1. The van der Waals surface area contributed by atoms with Crippen molar-refractivity contribution in [1.29, 1.82) is 0 Å². The minimum atomic E-state index is -1.03. The van der Waals surface area contributed by atoms with Crippen molar-refractivity contribution in [1.82, 2.24) is 0 Å². The van der Waals surface area contributed by atoms with Gasteiger partial charge in [0.2, 0.25) is 0 Å². The number of benzene rings is 2. The summed E-state index contributed by atoms with van der Waals surface area (Å²) in [6.07, 6.45) is -1.03. The van der Waals surface area contributed by atoms with Crippen molar-refractivity contribution in [3.05, 3.63) is 70.0 Å². The van der Waals surface area contributed by atoms with Crippen molar-refractivity contribution >= 4 is 11.6 Å². The van der Waals surface area contributed by atoms with Gasteiger partial charge in [0.1, 0.15) is 5.82 Å². The molecule has 0 aliphatic rings. The highest BCUT2D eigenvalue weighted by molar-refractivity contribution is 6.31. The van der Waals surface area contributed by atoms with Crippen LogP contribution in [0.25, 0.3) is 0 Å². The van der Waals surface area contributed by atoms with Crippen molar-refractivity contribution < 1.29 is 9.50 Å². The van der Waals surface area contributed by atoms with Gasteiger partial charge in [-0.2, -0.15) is 0 Å². The summed E-state index contributed by atoms with van der Waals surface area (Å²) in [6, 6.07) is 12.1. The van der Waals surface area contributed by atoms with E-state index >= 15 is 0 Å². The van der Waals surface area contributed by atoms with Crippen molar-refractivity contribution in [2.24, 2.45) is 5.73 Å². The van der Waals surface area contributed by atoms with Gasteiger partial charge in [-0.15, -0.1) is 0 Å². The lowest BCUT2D eigenvalue weighted by atomic mass is 9.88. The smallest absolute Gasteiger partial charge is 0.131 e. The van der Waals surface area contributed by atoms with Gasteiger partial charge in [-0.1, -0.05) is 48.0 Å². The molecule has 2 rings (SSSR count). The highest BCUT2D eigenvalue weighted by atomic mass is 35.5. The number of nitrogens with two attached hydrogens (primary N) is 1. The van der Waals surface area contributed by atoms with Crippen LogP contribution in [0.1, 0.15) is 28.7 Å². The Morgan fingerprint density at radius 1 is 1.15 bits per heavy atom.